The van der Waals surface area contributed by atoms with Gasteiger partial charge < -0.3 is 15.7 Å². The molecule has 0 bridgehead atoms. The molecule has 3 aromatic carbocycles. The Balaban J connectivity index is 1.43. The summed E-state index contributed by atoms with van der Waals surface area (Å²) in [7, 11) is -3.70. The SMILES string of the molecule is O=C(NCCCNC(=O)c1cccc(O)c1)c1ccc(NS(=O)(=O)c2ccccc2)cc1. The van der Waals surface area contributed by atoms with Crippen molar-refractivity contribution >= 4 is 27.5 Å². The number of anilines is 1. The summed E-state index contributed by atoms with van der Waals surface area (Å²) in [4.78, 5) is 24.4. The molecule has 0 aliphatic rings. The number of sulfonamides is 1. The molecule has 0 unspecified atom stereocenters. The first-order valence-corrected chi connectivity index (χ1v) is 11.4. The van der Waals surface area contributed by atoms with E-state index in [0.29, 0.717) is 36.3 Å². The van der Waals surface area contributed by atoms with Gasteiger partial charge in [-0.25, -0.2) is 8.42 Å². The number of nitrogens with one attached hydrogen (secondary N) is 3. The van der Waals surface area contributed by atoms with Gasteiger partial charge in [-0.05, 0) is 61.0 Å². The first kappa shape index (κ1) is 22.8. The maximum Gasteiger partial charge on any atom is 0.261 e. The summed E-state index contributed by atoms with van der Waals surface area (Å²) < 4.78 is 27.2. The van der Waals surface area contributed by atoms with Gasteiger partial charge in [0.05, 0.1) is 4.90 Å². The van der Waals surface area contributed by atoms with Gasteiger partial charge in [0.15, 0.2) is 0 Å². The number of rotatable bonds is 9. The molecule has 0 atom stereocenters. The Morgan fingerprint density at radius 2 is 1.38 bits per heavy atom. The van der Waals surface area contributed by atoms with Gasteiger partial charge in [-0.15, -0.1) is 0 Å². The van der Waals surface area contributed by atoms with Gasteiger partial charge in [-0.1, -0.05) is 24.3 Å². The van der Waals surface area contributed by atoms with Crippen molar-refractivity contribution in [3.05, 3.63) is 90.0 Å². The summed E-state index contributed by atoms with van der Waals surface area (Å²) in [5.74, 6) is -0.591. The number of carbonyl (C=O) groups is 2. The Morgan fingerprint density at radius 1 is 0.750 bits per heavy atom. The van der Waals surface area contributed by atoms with Crippen molar-refractivity contribution in [2.75, 3.05) is 17.8 Å². The Kier molecular flexibility index (Phi) is 7.45. The predicted molar refractivity (Wildman–Crippen MR) is 121 cm³/mol. The normalized spacial score (nSPS) is 10.9. The van der Waals surface area contributed by atoms with E-state index >= 15 is 0 Å². The molecule has 3 aromatic rings. The number of hydrogen-bond donors (Lipinski definition) is 4. The molecule has 0 aliphatic heterocycles. The Labute approximate surface area is 186 Å². The molecule has 0 radical (unpaired) electrons. The summed E-state index contributed by atoms with van der Waals surface area (Å²) in [6.45, 7) is 0.705. The van der Waals surface area contributed by atoms with Gasteiger partial charge in [-0.2, -0.15) is 0 Å². The second-order valence-electron chi connectivity index (χ2n) is 6.91. The van der Waals surface area contributed by atoms with Crippen molar-refractivity contribution in [3.8, 4) is 5.75 Å². The highest BCUT2D eigenvalue weighted by Crippen LogP contribution is 2.16. The van der Waals surface area contributed by atoms with Crippen LogP contribution in [0.15, 0.2) is 83.8 Å². The van der Waals surface area contributed by atoms with Crippen LogP contribution in [0.3, 0.4) is 0 Å². The monoisotopic (exact) mass is 453 g/mol. The van der Waals surface area contributed by atoms with E-state index in [1.165, 1.54) is 48.5 Å². The molecule has 0 aromatic heterocycles. The number of phenolic OH excluding ortho intramolecular Hbond substituents is 1. The second-order valence-corrected chi connectivity index (χ2v) is 8.59. The average molecular weight is 454 g/mol. The fourth-order valence-electron chi connectivity index (χ4n) is 2.85. The minimum Gasteiger partial charge on any atom is -0.508 e. The molecule has 166 valence electrons. The standard InChI is InChI=1S/C23H23N3O5S/c27-20-7-4-6-18(16-20)23(29)25-15-5-14-24-22(28)17-10-12-19(13-11-17)26-32(30,31)21-8-2-1-3-9-21/h1-4,6-13,16,26-27H,5,14-15H2,(H,24,28)(H,25,29). The highest BCUT2D eigenvalue weighted by atomic mass is 32.2. The van der Waals surface area contributed by atoms with Crippen LogP contribution in [-0.2, 0) is 10.0 Å². The van der Waals surface area contributed by atoms with Crippen molar-refractivity contribution in [2.45, 2.75) is 11.3 Å². The third-order valence-electron chi connectivity index (χ3n) is 4.49. The summed E-state index contributed by atoms with van der Waals surface area (Å²) in [6.07, 6.45) is 0.519. The molecule has 3 rings (SSSR count). The van der Waals surface area contributed by atoms with Crippen molar-refractivity contribution in [1.29, 1.82) is 0 Å². The summed E-state index contributed by atoms with van der Waals surface area (Å²) in [6, 6.07) is 20.1. The van der Waals surface area contributed by atoms with Crippen LogP contribution in [-0.4, -0.2) is 38.4 Å². The van der Waals surface area contributed by atoms with Crippen LogP contribution in [0.5, 0.6) is 5.75 Å². The summed E-state index contributed by atoms with van der Waals surface area (Å²) >= 11 is 0. The average Bonchev–Trinajstić information content (AvgIpc) is 2.79. The van der Waals surface area contributed by atoms with Crippen molar-refractivity contribution in [2.24, 2.45) is 0 Å². The first-order chi connectivity index (χ1) is 15.3. The van der Waals surface area contributed by atoms with Gasteiger partial charge in [0.25, 0.3) is 21.8 Å². The minimum atomic E-state index is -3.70. The summed E-state index contributed by atoms with van der Waals surface area (Å²) in [5, 5.41) is 14.9. The van der Waals surface area contributed by atoms with Crippen molar-refractivity contribution in [3.63, 3.8) is 0 Å². The molecule has 0 saturated heterocycles. The van der Waals surface area contributed by atoms with Crippen LogP contribution in [0.25, 0.3) is 0 Å². The van der Waals surface area contributed by atoms with Gasteiger partial charge in [0.2, 0.25) is 0 Å². The lowest BCUT2D eigenvalue weighted by molar-refractivity contribution is 0.0951. The molecule has 0 saturated carbocycles. The number of aromatic hydroxyl groups is 1. The van der Waals surface area contributed by atoms with E-state index in [0.717, 1.165) is 0 Å². The molecule has 9 heteroatoms. The van der Waals surface area contributed by atoms with E-state index in [9.17, 15) is 23.1 Å². The number of hydrogen-bond acceptors (Lipinski definition) is 5. The van der Waals surface area contributed by atoms with Crippen LogP contribution in [0.4, 0.5) is 5.69 Å². The highest BCUT2D eigenvalue weighted by Gasteiger charge is 2.14. The minimum absolute atomic E-state index is 0.0174. The van der Waals surface area contributed by atoms with E-state index in [2.05, 4.69) is 15.4 Å². The van der Waals surface area contributed by atoms with Gasteiger partial charge in [0, 0.05) is 29.9 Å². The third kappa shape index (κ3) is 6.32. The van der Waals surface area contributed by atoms with Crippen LogP contribution in [0.1, 0.15) is 27.1 Å². The maximum absolute atomic E-state index is 12.3. The first-order valence-electron chi connectivity index (χ1n) is 9.88. The van der Waals surface area contributed by atoms with Crippen LogP contribution in [0.2, 0.25) is 0 Å². The molecule has 2 amide bonds. The molecule has 32 heavy (non-hydrogen) atoms. The molecule has 0 aliphatic carbocycles. The number of phenols is 1. The van der Waals surface area contributed by atoms with E-state index in [4.69, 9.17) is 0 Å². The largest absolute Gasteiger partial charge is 0.508 e. The predicted octanol–water partition coefficient (Wildman–Crippen LogP) is 2.74. The number of amides is 2. The highest BCUT2D eigenvalue weighted by molar-refractivity contribution is 7.92. The lowest BCUT2D eigenvalue weighted by Crippen LogP contribution is -2.29. The lowest BCUT2D eigenvalue weighted by atomic mass is 10.2. The fraction of sp³-hybridized carbons (Fsp3) is 0.130. The van der Waals surface area contributed by atoms with E-state index < -0.39 is 10.0 Å². The molecule has 0 heterocycles. The fourth-order valence-corrected chi connectivity index (χ4v) is 3.93. The van der Waals surface area contributed by atoms with Crippen molar-refractivity contribution < 1.29 is 23.1 Å². The van der Waals surface area contributed by atoms with E-state index in [1.54, 1.807) is 30.3 Å². The van der Waals surface area contributed by atoms with Crippen molar-refractivity contribution in [1.82, 2.24) is 10.6 Å². The van der Waals surface area contributed by atoms with Crippen LogP contribution >= 0.6 is 0 Å². The third-order valence-corrected chi connectivity index (χ3v) is 5.88. The molecular weight excluding hydrogens is 430 g/mol. The molecule has 0 fully saturated rings. The van der Waals surface area contributed by atoms with Gasteiger partial charge >= 0.3 is 0 Å². The smallest absolute Gasteiger partial charge is 0.261 e. The van der Waals surface area contributed by atoms with Crippen LogP contribution < -0.4 is 15.4 Å². The van der Waals surface area contributed by atoms with Gasteiger partial charge in [0.1, 0.15) is 5.75 Å². The maximum atomic E-state index is 12.3. The molecule has 0 spiro atoms. The zero-order valence-corrected chi connectivity index (χ0v) is 17.9. The van der Waals surface area contributed by atoms with E-state index in [1.807, 2.05) is 0 Å². The zero-order valence-electron chi connectivity index (χ0n) is 17.1. The lowest BCUT2D eigenvalue weighted by Gasteiger charge is -2.09. The Bertz CT molecular complexity index is 1180. The molecular formula is C23H23N3O5S. The van der Waals surface area contributed by atoms with E-state index in [-0.39, 0.29) is 22.5 Å². The Hall–Kier alpha value is -3.85. The number of benzene rings is 3. The summed E-state index contributed by atoms with van der Waals surface area (Å²) in [5.41, 5.74) is 1.09. The quantitative estimate of drug-likeness (QED) is 0.371. The zero-order chi connectivity index (χ0) is 23.0. The Morgan fingerprint density at radius 3 is 2.00 bits per heavy atom. The molecule has 8 nitrogen and oxygen atoms in total. The number of carbonyl (C=O) groups excluding carboxylic acids is 2. The van der Waals surface area contributed by atoms with Gasteiger partial charge in [-0.3, -0.25) is 14.3 Å². The van der Waals surface area contributed by atoms with Crippen LogP contribution in [0, 0.1) is 0 Å². The second kappa shape index (κ2) is 10.5. The topological polar surface area (TPSA) is 125 Å². The molecule has 4 N–H and O–H groups in total.